The number of nitrogens with zero attached hydrogens (tertiary/aromatic N) is 2. The molecule has 2 aromatic rings. The van der Waals surface area contributed by atoms with E-state index in [0.29, 0.717) is 16.4 Å². The fourth-order valence-corrected chi connectivity index (χ4v) is 1.68. The fraction of sp³-hybridized carbons (Fsp3) is 0.0769. The van der Waals surface area contributed by atoms with Gasteiger partial charge in [0.2, 0.25) is 0 Å². The number of benzene rings is 1. The van der Waals surface area contributed by atoms with Gasteiger partial charge in [-0.1, -0.05) is 17.7 Å². The van der Waals surface area contributed by atoms with E-state index in [4.69, 9.17) is 16.9 Å². The molecule has 0 aliphatic carbocycles. The van der Waals surface area contributed by atoms with Crippen LogP contribution in [0.25, 0.3) is 11.3 Å². The highest BCUT2D eigenvalue weighted by molar-refractivity contribution is 6.30. The molecule has 0 aliphatic heterocycles. The highest BCUT2D eigenvalue weighted by Gasteiger charge is 2.05. The minimum Gasteiger partial charge on any atom is -0.236 e. The second-order valence-electron chi connectivity index (χ2n) is 3.49. The quantitative estimate of drug-likeness (QED) is 0.759. The first-order valence-corrected chi connectivity index (χ1v) is 5.37. The lowest BCUT2D eigenvalue weighted by molar-refractivity contribution is 0.628. The molecule has 84 valence electrons. The lowest BCUT2D eigenvalue weighted by Crippen LogP contribution is -1.90. The first kappa shape index (κ1) is 11.6. The first-order valence-electron chi connectivity index (χ1n) is 4.99. The molecule has 0 amide bonds. The normalized spacial score (nSPS) is 9.94. The number of hydrogen-bond donors (Lipinski definition) is 0. The Labute approximate surface area is 103 Å². The lowest BCUT2D eigenvalue weighted by atomic mass is 10.1. The van der Waals surface area contributed by atoms with E-state index in [1.165, 1.54) is 12.1 Å². The summed E-state index contributed by atoms with van der Waals surface area (Å²) < 4.78 is 12.8. The summed E-state index contributed by atoms with van der Waals surface area (Å²) in [5.74, 6) is -0.291. The molecule has 17 heavy (non-hydrogen) atoms. The van der Waals surface area contributed by atoms with Gasteiger partial charge in [-0.2, -0.15) is 5.26 Å². The smallest absolute Gasteiger partial charge is 0.133 e. The van der Waals surface area contributed by atoms with Gasteiger partial charge in [-0.25, -0.2) is 9.37 Å². The van der Waals surface area contributed by atoms with Crippen molar-refractivity contribution in [1.82, 2.24) is 4.98 Å². The summed E-state index contributed by atoms with van der Waals surface area (Å²) in [6.45, 7) is 0. The molecule has 0 N–H and O–H groups in total. The summed E-state index contributed by atoms with van der Waals surface area (Å²) >= 11 is 5.95. The van der Waals surface area contributed by atoms with Gasteiger partial charge in [0.25, 0.3) is 0 Å². The highest BCUT2D eigenvalue weighted by atomic mass is 35.5. The standard InChI is InChI=1S/C13H8ClFN2/c14-13-10(7-8-16)3-6-12(17-13)9-1-4-11(15)5-2-9/h1-6H,7H2. The maximum Gasteiger partial charge on any atom is 0.133 e. The van der Waals surface area contributed by atoms with E-state index in [2.05, 4.69) is 4.98 Å². The van der Waals surface area contributed by atoms with Gasteiger partial charge in [0.1, 0.15) is 11.0 Å². The summed E-state index contributed by atoms with van der Waals surface area (Å²) in [7, 11) is 0. The summed E-state index contributed by atoms with van der Waals surface area (Å²) in [5.41, 5.74) is 2.15. The Balaban J connectivity index is 2.38. The van der Waals surface area contributed by atoms with Crippen LogP contribution in [0, 0.1) is 17.1 Å². The molecule has 0 fully saturated rings. The lowest BCUT2D eigenvalue weighted by Gasteiger charge is -2.04. The van der Waals surface area contributed by atoms with Crippen LogP contribution in [0.3, 0.4) is 0 Å². The second kappa shape index (κ2) is 4.94. The van der Waals surface area contributed by atoms with Gasteiger partial charge >= 0.3 is 0 Å². The van der Waals surface area contributed by atoms with Gasteiger partial charge in [-0.15, -0.1) is 0 Å². The summed E-state index contributed by atoms with van der Waals surface area (Å²) in [5, 5.41) is 8.90. The van der Waals surface area contributed by atoms with Crippen molar-refractivity contribution in [2.75, 3.05) is 0 Å². The van der Waals surface area contributed by atoms with Crippen LogP contribution in [-0.2, 0) is 6.42 Å². The van der Waals surface area contributed by atoms with Crippen molar-refractivity contribution in [2.45, 2.75) is 6.42 Å². The third-order valence-corrected chi connectivity index (χ3v) is 2.66. The first-order chi connectivity index (χ1) is 8.20. The number of rotatable bonds is 2. The van der Waals surface area contributed by atoms with Crippen molar-refractivity contribution in [3.05, 3.63) is 52.9 Å². The van der Waals surface area contributed by atoms with Crippen molar-refractivity contribution in [1.29, 1.82) is 5.26 Å². The minimum absolute atomic E-state index is 0.232. The molecular weight excluding hydrogens is 239 g/mol. The Hall–Kier alpha value is -1.92. The predicted molar refractivity (Wildman–Crippen MR) is 64.0 cm³/mol. The monoisotopic (exact) mass is 246 g/mol. The second-order valence-corrected chi connectivity index (χ2v) is 3.85. The van der Waals surface area contributed by atoms with E-state index >= 15 is 0 Å². The average Bonchev–Trinajstić information content (AvgIpc) is 2.33. The molecule has 4 heteroatoms. The van der Waals surface area contributed by atoms with Crippen LogP contribution < -0.4 is 0 Å². The van der Waals surface area contributed by atoms with Crippen molar-refractivity contribution in [3.8, 4) is 17.3 Å². The predicted octanol–water partition coefficient (Wildman–Crippen LogP) is 3.61. The van der Waals surface area contributed by atoms with E-state index in [0.717, 1.165) is 5.56 Å². The molecule has 0 aliphatic rings. The van der Waals surface area contributed by atoms with Crippen LogP contribution in [0.5, 0.6) is 0 Å². The Morgan fingerprint density at radius 2 is 1.88 bits per heavy atom. The molecule has 1 aromatic carbocycles. The van der Waals surface area contributed by atoms with Crippen LogP contribution >= 0.6 is 11.6 Å². The van der Waals surface area contributed by atoms with E-state index in [9.17, 15) is 4.39 Å². The molecule has 0 atom stereocenters. The van der Waals surface area contributed by atoms with Crippen LogP contribution in [0.1, 0.15) is 5.56 Å². The van der Waals surface area contributed by atoms with Crippen LogP contribution in [0.2, 0.25) is 5.15 Å². The van der Waals surface area contributed by atoms with E-state index in [1.807, 2.05) is 6.07 Å². The molecule has 2 rings (SSSR count). The average molecular weight is 247 g/mol. The summed E-state index contributed by atoms with van der Waals surface area (Å²) in [6.07, 6.45) is 0.232. The highest BCUT2D eigenvalue weighted by Crippen LogP contribution is 2.22. The third-order valence-electron chi connectivity index (χ3n) is 2.34. The molecule has 0 saturated carbocycles. The van der Waals surface area contributed by atoms with Gasteiger partial charge < -0.3 is 0 Å². The van der Waals surface area contributed by atoms with Gasteiger partial charge in [-0.05, 0) is 30.3 Å². The zero-order valence-electron chi connectivity index (χ0n) is 8.82. The Bertz CT molecular complexity index is 573. The number of hydrogen-bond acceptors (Lipinski definition) is 2. The van der Waals surface area contributed by atoms with Gasteiger partial charge in [0.15, 0.2) is 0 Å². The number of aromatic nitrogens is 1. The fourth-order valence-electron chi connectivity index (χ4n) is 1.46. The topological polar surface area (TPSA) is 36.7 Å². The molecule has 2 nitrogen and oxygen atoms in total. The SMILES string of the molecule is N#CCc1ccc(-c2ccc(F)cc2)nc1Cl. The number of pyridine rings is 1. The molecule has 1 heterocycles. The molecule has 0 unspecified atom stereocenters. The summed E-state index contributed by atoms with van der Waals surface area (Å²) in [4.78, 5) is 4.18. The van der Waals surface area contributed by atoms with Crippen LogP contribution in [0.4, 0.5) is 4.39 Å². The van der Waals surface area contributed by atoms with Crippen molar-refractivity contribution in [2.24, 2.45) is 0 Å². The minimum atomic E-state index is -0.291. The number of halogens is 2. The van der Waals surface area contributed by atoms with Crippen LogP contribution in [-0.4, -0.2) is 4.98 Å². The Morgan fingerprint density at radius 1 is 1.18 bits per heavy atom. The van der Waals surface area contributed by atoms with Gasteiger partial charge in [0.05, 0.1) is 18.2 Å². The Morgan fingerprint density at radius 3 is 2.47 bits per heavy atom. The van der Waals surface area contributed by atoms with Crippen LogP contribution in [0.15, 0.2) is 36.4 Å². The van der Waals surface area contributed by atoms with E-state index in [-0.39, 0.29) is 12.2 Å². The largest absolute Gasteiger partial charge is 0.236 e. The van der Waals surface area contributed by atoms with Crippen molar-refractivity contribution < 1.29 is 4.39 Å². The number of nitriles is 1. The maximum absolute atomic E-state index is 12.8. The van der Waals surface area contributed by atoms with Gasteiger partial charge in [-0.3, -0.25) is 0 Å². The van der Waals surface area contributed by atoms with E-state index < -0.39 is 0 Å². The molecule has 0 spiro atoms. The summed E-state index contributed by atoms with van der Waals surface area (Å²) in [6, 6.07) is 11.6. The zero-order valence-corrected chi connectivity index (χ0v) is 9.58. The molecule has 1 aromatic heterocycles. The Kier molecular flexibility index (Phi) is 3.36. The molecule has 0 saturated heterocycles. The maximum atomic E-state index is 12.8. The van der Waals surface area contributed by atoms with Gasteiger partial charge in [0, 0.05) is 11.1 Å². The van der Waals surface area contributed by atoms with E-state index in [1.54, 1.807) is 24.3 Å². The van der Waals surface area contributed by atoms with Crippen molar-refractivity contribution >= 4 is 11.6 Å². The molecule has 0 bridgehead atoms. The molecule has 0 radical (unpaired) electrons. The zero-order chi connectivity index (χ0) is 12.3. The molecular formula is C13H8ClFN2. The van der Waals surface area contributed by atoms with Crippen molar-refractivity contribution in [3.63, 3.8) is 0 Å². The third kappa shape index (κ3) is 2.61.